The Labute approximate surface area is 206 Å². The quantitative estimate of drug-likeness (QED) is 0.294. The maximum absolute atomic E-state index is 10.2. The van der Waals surface area contributed by atoms with E-state index < -0.39 is 0 Å². The zero-order chi connectivity index (χ0) is 24.0. The van der Waals surface area contributed by atoms with Crippen LogP contribution in [0.15, 0.2) is 78.9 Å². The number of hydrogen-bond donors (Lipinski definition) is 2. The Morgan fingerprint density at radius 2 is 1.63 bits per heavy atom. The van der Waals surface area contributed by atoms with Crippen molar-refractivity contribution in [2.75, 3.05) is 38.6 Å². The molecule has 0 saturated carbocycles. The molecule has 5 rings (SSSR count). The van der Waals surface area contributed by atoms with Gasteiger partial charge in [-0.1, -0.05) is 36.8 Å². The third kappa shape index (κ3) is 5.36. The van der Waals surface area contributed by atoms with E-state index >= 15 is 0 Å². The van der Waals surface area contributed by atoms with Gasteiger partial charge in [-0.15, -0.1) is 0 Å². The minimum Gasteiger partial charge on any atom is -0.508 e. The van der Waals surface area contributed by atoms with Gasteiger partial charge in [0.1, 0.15) is 23.0 Å². The number of aromatic hydroxyl groups is 1. The van der Waals surface area contributed by atoms with E-state index in [4.69, 9.17) is 9.47 Å². The largest absolute Gasteiger partial charge is 0.508 e. The summed E-state index contributed by atoms with van der Waals surface area (Å²) in [6, 6.07) is 25.4. The molecule has 1 fully saturated rings. The second-order valence-corrected chi connectivity index (χ2v) is 9.01. The van der Waals surface area contributed by atoms with Crippen molar-refractivity contribution in [3.05, 3.63) is 78.9 Å². The highest BCUT2D eigenvalue weighted by Gasteiger charge is 2.19. The smallest absolute Gasteiger partial charge is 0.145 e. The van der Waals surface area contributed by atoms with Gasteiger partial charge in [-0.25, -0.2) is 0 Å². The maximum Gasteiger partial charge on any atom is 0.145 e. The molecule has 1 heterocycles. The Hall–Kier alpha value is -3.70. The van der Waals surface area contributed by atoms with Crippen molar-refractivity contribution in [2.24, 2.45) is 0 Å². The number of fused-ring (bicyclic) bond motifs is 1. The van der Waals surface area contributed by atoms with E-state index in [2.05, 4.69) is 28.4 Å². The lowest BCUT2D eigenvalue weighted by molar-refractivity contribution is 0.237. The van der Waals surface area contributed by atoms with Crippen molar-refractivity contribution in [1.82, 2.24) is 4.90 Å². The molecule has 2 N–H and O–H groups in total. The average molecular weight is 469 g/mol. The number of benzene rings is 4. The van der Waals surface area contributed by atoms with Crippen LogP contribution in [0.25, 0.3) is 21.9 Å². The number of phenols is 1. The normalized spacial score (nSPS) is 14.1. The Kier molecular flexibility index (Phi) is 7.05. The molecule has 5 nitrogen and oxygen atoms in total. The van der Waals surface area contributed by atoms with Crippen molar-refractivity contribution < 1.29 is 14.6 Å². The van der Waals surface area contributed by atoms with E-state index in [9.17, 15) is 5.11 Å². The Bertz CT molecular complexity index is 1270. The number of nitrogens with one attached hydrogen (secondary N) is 1. The molecule has 5 heteroatoms. The second kappa shape index (κ2) is 10.7. The summed E-state index contributed by atoms with van der Waals surface area (Å²) in [5, 5.41) is 15.8. The van der Waals surface area contributed by atoms with Gasteiger partial charge in [0.2, 0.25) is 0 Å². The molecule has 0 radical (unpaired) electrons. The van der Waals surface area contributed by atoms with Crippen molar-refractivity contribution in [1.29, 1.82) is 0 Å². The van der Waals surface area contributed by atoms with Crippen LogP contribution in [-0.2, 0) is 0 Å². The number of methoxy groups -OCH3 is 1. The molecule has 0 unspecified atom stereocenters. The zero-order valence-corrected chi connectivity index (χ0v) is 20.2. The highest BCUT2D eigenvalue weighted by molar-refractivity contribution is 6.02. The topological polar surface area (TPSA) is 54.0 Å². The first kappa shape index (κ1) is 23.1. The van der Waals surface area contributed by atoms with Gasteiger partial charge in [0, 0.05) is 29.7 Å². The fourth-order valence-electron chi connectivity index (χ4n) is 4.79. The highest BCUT2D eigenvalue weighted by atomic mass is 16.5. The van der Waals surface area contributed by atoms with Crippen LogP contribution in [0.4, 0.5) is 5.69 Å². The van der Waals surface area contributed by atoms with Crippen LogP contribution in [-0.4, -0.2) is 43.3 Å². The fraction of sp³-hybridized carbons (Fsp3) is 0.267. The molecule has 0 amide bonds. The summed E-state index contributed by atoms with van der Waals surface area (Å²) >= 11 is 0. The molecule has 0 aliphatic carbocycles. The van der Waals surface area contributed by atoms with Crippen LogP contribution in [0.5, 0.6) is 23.0 Å². The highest BCUT2D eigenvalue weighted by Crippen LogP contribution is 2.45. The molecule has 0 atom stereocenters. The molecule has 0 spiro atoms. The van der Waals surface area contributed by atoms with Gasteiger partial charge in [-0.05, 0) is 85.4 Å². The molecule has 0 bridgehead atoms. The van der Waals surface area contributed by atoms with E-state index in [-0.39, 0.29) is 5.75 Å². The van der Waals surface area contributed by atoms with Gasteiger partial charge in [0.15, 0.2) is 0 Å². The molecule has 4 aromatic carbocycles. The first-order valence-corrected chi connectivity index (χ1v) is 12.3. The van der Waals surface area contributed by atoms with E-state index in [0.29, 0.717) is 0 Å². The lowest BCUT2D eigenvalue weighted by atomic mass is 9.96. The molecule has 0 aromatic heterocycles. The third-order valence-electron chi connectivity index (χ3n) is 6.61. The molecule has 35 heavy (non-hydrogen) atoms. The first-order valence-electron chi connectivity index (χ1n) is 12.3. The molecule has 1 aliphatic heterocycles. The van der Waals surface area contributed by atoms with Crippen LogP contribution in [0, 0.1) is 0 Å². The summed E-state index contributed by atoms with van der Waals surface area (Å²) in [4.78, 5) is 2.53. The minimum absolute atomic E-state index is 0.236. The van der Waals surface area contributed by atoms with Gasteiger partial charge in [-0.2, -0.15) is 0 Å². The van der Waals surface area contributed by atoms with Gasteiger partial charge in [-0.3, -0.25) is 0 Å². The second-order valence-electron chi connectivity index (χ2n) is 9.01. The minimum atomic E-state index is 0.236. The number of likely N-dealkylation sites (tertiary alicyclic amines) is 1. The number of hydrogen-bond acceptors (Lipinski definition) is 5. The van der Waals surface area contributed by atoms with E-state index in [1.54, 1.807) is 19.2 Å². The summed E-state index contributed by atoms with van der Waals surface area (Å²) < 4.78 is 11.9. The van der Waals surface area contributed by atoms with Crippen molar-refractivity contribution in [3.63, 3.8) is 0 Å². The Morgan fingerprint density at radius 1 is 0.857 bits per heavy atom. The molecule has 180 valence electrons. The van der Waals surface area contributed by atoms with E-state index in [1.807, 2.05) is 48.5 Å². The number of nitrogens with zero attached hydrogens (tertiary/aromatic N) is 1. The van der Waals surface area contributed by atoms with Crippen LogP contribution >= 0.6 is 0 Å². The summed E-state index contributed by atoms with van der Waals surface area (Å²) in [6.07, 6.45) is 3.89. The van der Waals surface area contributed by atoms with Crippen molar-refractivity contribution in [3.8, 4) is 34.1 Å². The van der Waals surface area contributed by atoms with Crippen LogP contribution in [0.3, 0.4) is 0 Å². The molecule has 1 aliphatic rings. The Morgan fingerprint density at radius 3 is 2.37 bits per heavy atom. The lowest BCUT2D eigenvalue weighted by Crippen LogP contribution is -2.33. The number of piperidine rings is 1. The Balaban J connectivity index is 1.60. The lowest BCUT2D eigenvalue weighted by Gasteiger charge is -2.27. The van der Waals surface area contributed by atoms with Crippen molar-refractivity contribution in [2.45, 2.75) is 19.3 Å². The number of rotatable bonds is 8. The van der Waals surface area contributed by atoms with E-state index in [0.717, 1.165) is 57.9 Å². The fourth-order valence-corrected chi connectivity index (χ4v) is 4.79. The standard InChI is InChI=1S/C30H32N2O3/c1-34-25-13-10-22(11-14-25)29-28(31-16-19-32-17-6-3-7-18-32)21-23-20-24(33)12-15-27(23)30(29)35-26-8-4-2-5-9-26/h2,4-5,8-15,20-21,31,33H,3,6-7,16-19H2,1H3. The first-order chi connectivity index (χ1) is 17.2. The third-order valence-corrected chi connectivity index (χ3v) is 6.61. The summed E-state index contributed by atoms with van der Waals surface area (Å²) in [5.41, 5.74) is 3.01. The number of anilines is 1. The van der Waals surface area contributed by atoms with Crippen LogP contribution < -0.4 is 14.8 Å². The predicted molar refractivity (Wildman–Crippen MR) is 143 cm³/mol. The SMILES string of the molecule is COc1ccc(-c2c(NCCN3CCCCC3)cc3cc(O)ccc3c2Oc2ccccc2)cc1. The summed E-state index contributed by atoms with van der Waals surface area (Å²) in [6.45, 7) is 4.16. The predicted octanol–water partition coefficient (Wildman–Crippen LogP) is 6.91. The van der Waals surface area contributed by atoms with Gasteiger partial charge >= 0.3 is 0 Å². The van der Waals surface area contributed by atoms with Crippen LogP contribution in [0.1, 0.15) is 19.3 Å². The molecular formula is C30H32N2O3. The van der Waals surface area contributed by atoms with Gasteiger partial charge in [0.05, 0.1) is 7.11 Å². The maximum atomic E-state index is 10.2. The monoisotopic (exact) mass is 468 g/mol. The summed E-state index contributed by atoms with van der Waals surface area (Å²) in [5.74, 6) is 2.57. The zero-order valence-electron chi connectivity index (χ0n) is 20.2. The average Bonchev–Trinajstić information content (AvgIpc) is 2.90. The molecule has 4 aromatic rings. The number of phenolic OH excluding ortho intramolecular Hbond substituents is 1. The summed E-state index contributed by atoms with van der Waals surface area (Å²) in [7, 11) is 1.68. The molecule has 1 saturated heterocycles. The number of para-hydroxylation sites is 1. The van der Waals surface area contributed by atoms with Crippen molar-refractivity contribution >= 4 is 16.5 Å². The van der Waals surface area contributed by atoms with E-state index in [1.165, 1.54) is 32.4 Å². The van der Waals surface area contributed by atoms with Gasteiger partial charge < -0.3 is 24.8 Å². The van der Waals surface area contributed by atoms with Gasteiger partial charge in [0.25, 0.3) is 0 Å². The van der Waals surface area contributed by atoms with Crippen LogP contribution in [0.2, 0.25) is 0 Å². The number of ether oxygens (including phenoxy) is 2. The molecular weight excluding hydrogens is 436 g/mol.